The van der Waals surface area contributed by atoms with E-state index in [0.717, 1.165) is 6.42 Å². The second kappa shape index (κ2) is 20.8. The largest absolute Gasteiger partial charge is 0.472 e. The number of phosphoric acid groups is 1. The average Bonchev–Trinajstić information content (AvgIpc) is 2.80. The molecule has 0 saturated carbocycles. The maximum absolute atomic E-state index is 11.6. The number of halogens is 1. The van der Waals surface area contributed by atoms with Gasteiger partial charge in [-0.2, -0.15) is 0 Å². The first kappa shape index (κ1) is 30.5. The molecule has 1 rings (SSSR count). The number of rotatable bonds is 22. The van der Waals surface area contributed by atoms with Crippen molar-refractivity contribution >= 4 is 23.8 Å². The van der Waals surface area contributed by atoms with E-state index in [1.165, 1.54) is 96.3 Å². The van der Waals surface area contributed by atoms with E-state index < -0.39 is 7.82 Å². The van der Waals surface area contributed by atoms with Gasteiger partial charge in [-0.15, -0.1) is 0 Å². The molecule has 1 aliphatic rings. The third-order valence-electron chi connectivity index (χ3n) is 5.92. The van der Waals surface area contributed by atoms with Crippen LogP contribution in [0.5, 0.6) is 0 Å². The van der Waals surface area contributed by atoms with Gasteiger partial charge in [-0.05, 0) is 6.42 Å². The van der Waals surface area contributed by atoms with E-state index in [-0.39, 0.29) is 25.4 Å². The molecule has 0 spiro atoms. The SMILES string of the molecule is CCCCCCCCCCCCCCCCC[C@H]1CO[C@@H](COP(=O)(O)OCCBr)CO1. The molecule has 192 valence electrons. The standard InChI is InChI=1S/C24H48BrO6P/c1-2-3-4-5-6-7-8-9-10-11-12-13-14-15-16-17-23-20-29-24(21-28-23)22-31-32(26,27)30-19-18-25/h23-24H,2-22H2,1H3,(H,26,27)/t23-,24+/m0/s1. The Balaban J connectivity index is 1.84. The van der Waals surface area contributed by atoms with Gasteiger partial charge in [0, 0.05) is 5.33 Å². The second-order valence-electron chi connectivity index (χ2n) is 8.94. The Morgan fingerprint density at radius 3 is 1.72 bits per heavy atom. The molecule has 1 aliphatic heterocycles. The molecule has 3 atom stereocenters. The van der Waals surface area contributed by atoms with Gasteiger partial charge in [0.05, 0.1) is 32.5 Å². The highest BCUT2D eigenvalue weighted by Crippen LogP contribution is 2.43. The van der Waals surface area contributed by atoms with E-state index in [4.69, 9.17) is 18.5 Å². The molecule has 1 N–H and O–H groups in total. The number of ether oxygens (including phenoxy) is 2. The van der Waals surface area contributed by atoms with Gasteiger partial charge in [-0.1, -0.05) is 119 Å². The summed E-state index contributed by atoms with van der Waals surface area (Å²) in [5, 5.41) is 0.477. The van der Waals surface area contributed by atoms with Gasteiger partial charge in [-0.25, -0.2) is 4.57 Å². The van der Waals surface area contributed by atoms with Crippen LogP contribution in [0, 0.1) is 0 Å². The summed E-state index contributed by atoms with van der Waals surface area (Å²) in [6, 6.07) is 0. The normalized spacial score (nSPS) is 21.0. The third-order valence-corrected chi connectivity index (χ3v) is 7.23. The first-order valence-electron chi connectivity index (χ1n) is 13.0. The minimum Gasteiger partial charge on any atom is -0.373 e. The average molecular weight is 544 g/mol. The maximum Gasteiger partial charge on any atom is 0.472 e. The summed E-state index contributed by atoms with van der Waals surface area (Å²) in [6.45, 7) is 3.31. The molecule has 0 aromatic carbocycles. The fourth-order valence-corrected chi connectivity index (χ4v) is 5.12. The number of hydrogen-bond donors (Lipinski definition) is 1. The van der Waals surface area contributed by atoms with Crippen LogP contribution in [-0.2, 0) is 23.1 Å². The Hall–Kier alpha value is 0.510. The van der Waals surface area contributed by atoms with Crippen molar-refractivity contribution in [1.82, 2.24) is 0 Å². The van der Waals surface area contributed by atoms with Gasteiger partial charge in [0.1, 0.15) is 6.10 Å². The van der Waals surface area contributed by atoms with Crippen LogP contribution in [0.4, 0.5) is 0 Å². The zero-order valence-electron chi connectivity index (χ0n) is 20.3. The molecule has 0 amide bonds. The maximum atomic E-state index is 11.6. The highest BCUT2D eigenvalue weighted by Gasteiger charge is 2.27. The van der Waals surface area contributed by atoms with E-state index >= 15 is 0 Å². The number of phosphoric ester groups is 1. The van der Waals surface area contributed by atoms with Gasteiger partial charge >= 0.3 is 7.82 Å². The molecule has 0 aromatic heterocycles. The molecule has 1 heterocycles. The highest BCUT2D eigenvalue weighted by atomic mass is 79.9. The predicted octanol–water partition coefficient (Wildman–Crippen LogP) is 7.56. The smallest absolute Gasteiger partial charge is 0.373 e. The predicted molar refractivity (Wildman–Crippen MR) is 135 cm³/mol. The fraction of sp³-hybridized carbons (Fsp3) is 1.00. The molecular formula is C24H48BrO6P. The highest BCUT2D eigenvalue weighted by molar-refractivity contribution is 9.09. The minimum absolute atomic E-state index is 0.00173. The van der Waals surface area contributed by atoms with E-state index in [0.29, 0.717) is 18.5 Å². The molecule has 0 bridgehead atoms. The monoisotopic (exact) mass is 542 g/mol. The molecule has 32 heavy (non-hydrogen) atoms. The zero-order chi connectivity index (χ0) is 23.3. The summed E-state index contributed by atoms with van der Waals surface area (Å²) in [5.41, 5.74) is 0. The number of alkyl halides is 1. The molecule has 0 radical (unpaired) electrons. The first-order chi connectivity index (χ1) is 15.6. The van der Waals surface area contributed by atoms with Crippen molar-refractivity contribution in [1.29, 1.82) is 0 Å². The van der Waals surface area contributed by atoms with Crippen molar-refractivity contribution in [3.63, 3.8) is 0 Å². The van der Waals surface area contributed by atoms with Crippen LogP contribution < -0.4 is 0 Å². The van der Waals surface area contributed by atoms with Crippen LogP contribution in [0.2, 0.25) is 0 Å². The second-order valence-corrected chi connectivity index (χ2v) is 11.2. The van der Waals surface area contributed by atoms with Crippen molar-refractivity contribution in [3.8, 4) is 0 Å². The summed E-state index contributed by atoms with van der Waals surface area (Å²) >= 11 is 3.14. The third kappa shape index (κ3) is 17.9. The molecule has 6 nitrogen and oxygen atoms in total. The van der Waals surface area contributed by atoms with Crippen LogP contribution in [0.25, 0.3) is 0 Å². The Labute approximate surface area is 205 Å². The molecular weight excluding hydrogens is 495 g/mol. The van der Waals surface area contributed by atoms with Crippen molar-refractivity contribution < 1.29 is 28.0 Å². The van der Waals surface area contributed by atoms with Crippen molar-refractivity contribution in [3.05, 3.63) is 0 Å². The molecule has 1 fully saturated rings. The van der Waals surface area contributed by atoms with Crippen LogP contribution in [0.1, 0.15) is 110 Å². The van der Waals surface area contributed by atoms with E-state index in [2.05, 4.69) is 22.9 Å². The lowest BCUT2D eigenvalue weighted by atomic mass is 10.0. The quantitative estimate of drug-likeness (QED) is 0.0863. The molecule has 0 aromatic rings. The summed E-state index contributed by atoms with van der Waals surface area (Å²) in [5.74, 6) is 0. The van der Waals surface area contributed by atoms with E-state index in [1.54, 1.807) is 0 Å². The van der Waals surface area contributed by atoms with Crippen LogP contribution in [-0.4, -0.2) is 48.9 Å². The van der Waals surface area contributed by atoms with Crippen LogP contribution in [0.3, 0.4) is 0 Å². The van der Waals surface area contributed by atoms with Gasteiger partial charge in [-0.3, -0.25) is 9.05 Å². The summed E-state index contributed by atoms with van der Waals surface area (Å²) in [6.07, 6.45) is 21.4. The number of unbranched alkanes of at least 4 members (excludes halogenated alkanes) is 14. The van der Waals surface area contributed by atoms with Gasteiger partial charge < -0.3 is 14.4 Å². The Bertz CT molecular complexity index is 460. The summed E-state index contributed by atoms with van der Waals surface area (Å²) < 4.78 is 32.9. The summed E-state index contributed by atoms with van der Waals surface area (Å²) in [7, 11) is -4.00. The lowest BCUT2D eigenvalue weighted by molar-refractivity contribution is -0.145. The Morgan fingerprint density at radius 1 is 0.781 bits per heavy atom. The summed E-state index contributed by atoms with van der Waals surface area (Å²) in [4.78, 5) is 9.52. The lowest BCUT2D eigenvalue weighted by Gasteiger charge is -2.29. The fourth-order valence-electron chi connectivity index (χ4n) is 3.95. The zero-order valence-corrected chi connectivity index (χ0v) is 22.8. The minimum atomic E-state index is -4.00. The first-order valence-corrected chi connectivity index (χ1v) is 15.6. The molecule has 0 aliphatic carbocycles. The van der Waals surface area contributed by atoms with Crippen LogP contribution >= 0.6 is 23.8 Å². The molecule has 8 heteroatoms. The van der Waals surface area contributed by atoms with Crippen molar-refractivity contribution in [2.75, 3.05) is 31.8 Å². The molecule has 1 unspecified atom stereocenters. The van der Waals surface area contributed by atoms with Gasteiger partial charge in [0.15, 0.2) is 0 Å². The van der Waals surface area contributed by atoms with Gasteiger partial charge in [0.2, 0.25) is 0 Å². The van der Waals surface area contributed by atoms with Crippen molar-refractivity contribution in [2.45, 2.75) is 122 Å². The van der Waals surface area contributed by atoms with E-state index in [1.807, 2.05) is 0 Å². The Morgan fingerprint density at radius 2 is 1.25 bits per heavy atom. The molecule has 1 saturated heterocycles. The number of hydrogen-bond acceptors (Lipinski definition) is 5. The van der Waals surface area contributed by atoms with E-state index in [9.17, 15) is 9.46 Å². The van der Waals surface area contributed by atoms with Gasteiger partial charge in [0.25, 0.3) is 0 Å². The van der Waals surface area contributed by atoms with Crippen molar-refractivity contribution in [2.24, 2.45) is 0 Å². The topological polar surface area (TPSA) is 74.2 Å². The van der Waals surface area contributed by atoms with Crippen LogP contribution in [0.15, 0.2) is 0 Å². The Kier molecular flexibility index (Phi) is 19.9. The lowest BCUT2D eigenvalue weighted by Crippen LogP contribution is -2.38.